The van der Waals surface area contributed by atoms with Crippen LogP contribution in [0, 0.1) is 0 Å². The zero-order valence-corrected chi connectivity index (χ0v) is 9.80. The molecule has 0 aliphatic carbocycles. The smallest absolute Gasteiger partial charge is 0.227 e. The van der Waals surface area contributed by atoms with Crippen molar-refractivity contribution >= 4 is 11.6 Å². The molecule has 1 aromatic carbocycles. The van der Waals surface area contributed by atoms with Crippen molar-refractivity contribution in [2.45, 2.75) is 25.3 Å². The van der Waals surface area contributed by atoms with E-state index in [2.05, 4.69) is 0 Å². The summed E-state index contributed by atoms with van der Waals surface area (Å²) in [6.45, 7) is 0.815. The van der Waals surface area contributed by atoms with E-state index in [0.29, 0.717) is 12.1 Å². The van der Waals surface area contributed by atoms with Gasteiger partial charge in [0, 0.05) is 12.2 Å². The van der Waals surface area contributed by atoms with Gasteiger partial charge < -0.3 is 15.7 Å². The minimum absolute atomic E-state index is 0.00330. The van der Waals surface area contributed by atoms with Crippen molar-refractivity contribution < 1.29 is 9.90 Å². The van der Waals surface area contributed by atoms with Gasteiger partial charge in [-0.05, 0) is 30.5 Å². The number of nitrogens with zero attached hydrogens (tertiary/aromatic N) is 1. The van der Waals surface area contributed by atoms with Crippen molar-refractivity contribution in [2.75, 3.05) is 18.9 Å². The monoisotopic (exact) mass is 234 g/mol. The summed E-state index contributed by atoms with van der Waals surface area (Å²) in [6, 6.07) is 7.38. The minimum atomic E-state index is 0.00330. The van der Waals surface area contributed by atoms with E-state index in [0.717, 1.165) is 24.9 Å². The molecule has 0 aromatic heterocycles. The second-order valence-corrected chi connectivity index (χ2v) is 4.49. The molecule has 1 atom stereocenters. The Kier molecular flexibility index (Phi) is 3.64. The van der Waals surface area contributed by atoms with Crippen LogP contribution < -0.4 is 5.73 Å². The lowest BCUT2D eigenvalue weighted by Gasteiger charge is -2.23. The molecule has 1 amide bonds. The van der Waals surface area contributed by atoms with Crippen molar-refractivity contribution in [1.29, 1.82) is 0 Å². The first-order valence-electron chi connectivity index (χ1n) is 5.95. The number of carbonyl (C=O) groups excluding carboxylic acids is 1. The van der Waals surface area contributed by atoms with Gasteiger partial charge in [-0.2, -0.15) is 0 Å². The molecule has 1 saturated heterocycles. The summed E-state index contributed by atoms with van der Waals surface area (Å²) in [5.74, 6) is 0.0761. The summed E-state index contributed by atoms with van der Waals surface area (Å²) in [4.78, 5) is 13.9. The summed E-state index contributed by atoms with van der Waals surface area (Å²) < 4.78 is 0. The van der Waals surface area contributed by atoms with E-state index < -0.39 is 0 Å². The predicted molar refractivity (Wildman–Crippen MR) is 66.4 cm³/mol. The number of likely N-dealkylation sites (tertiary alicyclic amines) is 1. The van der Waals surface area contributed by atoms with Crippen molar-refractivity contribution in [3.63, 3.8) is 0 Å². The Hall–Kier alpha value is -1.55. The van der Waals surface area contributed by atoms with Gasteiger partial charge in [0.15, 0.2) is 0 Å². The maximum absolute atomic E-state index is 12.1. The summed E-state index contributed by atoms with van der Waals surface area (Å²) in [5.41, 5.74) is 7.28. The molecular weight excluding hydrogens is 216 g/mol. The fourth-order valence-electron chi connectivity index (χ4n) is 2.33. The third kappa shape index (κ3) is 2.77. The lowest BCUT2D eigenvalue weighted by Crippen LogP contribution is -2.38. The lowest BCUT2D eigenvalue weighted by atomic mass is 10.1. The van der Waals surface area contributed by atoms with Crippen LogP contribution in [0.2, 0.25) is 0 Å². The van der Waals surface area contributed by atoms with E-state index in [1.807, 2.05) is 18.2 Å². The first-order chi connectivity index (χ1) is 8.20. The summed E-state index contributed by atoms with van der Waals surface area (Å²) in [7, 11) is 0. The maximum atomic E-state index is 12.1. The van der Waals surface area contributed by atoms with E-state index >= 15 is 0 Å². The molecule has 17 heavy (non-hydrogen) atoms. The molecule has 0 saturated carbocycles. The van der Waals surface area contributed by atoms with Gasteiger partial charge in [0.05, 0.1) is 19.1 Å². The second-order valence-electron chi connectivity index (χ2n) is 4.49. The van der Waals surface area contributed by atoms with Gasteiger partial charge in [0.2, 0.25) is 5.91 Å². The van der Waals surface area contributed by atoms with Gasteiger partial charge in [0.25, 0.3) is 0 Å². The second kappa shape index (κ2) is 5.19. The van der Waals surface area contributed by atoms with Crippen molar-refractivity contribution in [3.8, 4) is 0 Å². The van der Waals surface area contributed by atoms with Crippen molar-refractivity contribution in [1.82, 2.24) is 4.90 Å². The molecule has 92 valence electrons. The highest BCUT2D eigenvalue weighted by molar-refractivity contribution is 5.79. The number of hydrogen-bond acceptors (Lipinski definition) is 3. The molecule has 1 heterocycles. The Morgan fingerprint density at radius 1 is 1.53 bits per heavy atom. The molecular formula is C13H18N2O2. The largest absolute Gasteiger partial charge is 0.399 e. The Bertz CT molecular complexity index is 406. The van der Waals surface area contributed by atoms with Crippen molar-refractivity contribution in [3.05, 3.63) is 29.8 Å². The van der Waals surface area contributed by atoms with E-state index in [-0.39, 0.29) is 18.6 Å². The highest BCUT2D eigenvalue weighted by Gasteiger charge is 2.27. The Balaban J connectivity index is 2.01. The van der Waals surface area contributed by atoms with Gasteiger partial charge in [-0.25, -0.2) is 0 Å². The number of benzene rings is 1. The first-order valence-corrected chi connectivity index (χ1v) is 5.95. The first kappa shape index (κ1) is 11.9. The fourth-order valence-corrected chi connectivity index (χ4v) is 2.33. The standard InChI is InChI=1S/C13H18N2O2/c14-11-4-1-3-10(7-11)8-13(17)15-6-2-5-12(15)9-16/h1,3-4,7,12,16H,2,5-6,8-9,14H2. The SMILES string of the molecule is Nc1cccc(CC(=O)N2CCCC2CO)c1. The molecule has 0 spiro atoms. The molecule has 4 heteroatoms. The molecule has 3 N–H and O–H groups in total. The number of hydrogen-bond donors (Lipinski definition) is 2. The highest BCUT2D eigenvalue weighted by Crippen LogP contribution is 2.18. The molecule has 1 aromatic rings. The lowest BCUT2D eigenvalue weighted by molar-refractivity contribution is -0.131. The van der Waals surface area contributed by atoms with Gasteiger partial charge in [-0.15, -0.1) is 0 Å². The number of amides is 1. The molecule has 1 aliphatic heterocycles. The number of carbonyl (C=O) groups is 1. The van der Waals surface area contributed by atoms with Gasteiger partial charge in [-0.3, -0.25) is 4.79 Å². The number of rotatable bonds is 3. The number of nitrogen functional groups attached to an aromatic ring is 1. The number of nitrogens with two attached hydrogens (primary N) is 1. The van der Waals surface area contributed by atoms with Crippen LogP contribution in [0.5, 0.6) is 0 Å². The molecule has 1 aliphatic rings. The molecule has 2 rings (SSSR count). The van der Waals surface area contributed by atoms with Gasteiger partial charge in [0.1, 0.15) is 0 Å². The molecule has 1 fully saturated rings. The molecule has 0 bridgehead atoms. The summed E-state index contributed by atoms with van der Waals surface area (Å²) >= 11 is 0. The van der Waals surface area contributed by atoms with Crippen LogP contribution in [-0.4, -0.2) is 35.1 Å². The summed E-state index contributed by atoms with van der Waals surface area (Å²) in [6.07, 6.45) is 2.24. The number of anilines is 1. The van der Waals surface area contributed by atoms with E-state index in [4.69, 9.17) is 5.73 Å². The number of aliphatic hydroxyl groups excluding tert-OH is 1. The quantitative estimate of drug-likeness (QED) is 0.760. The van der Waals surface area contributed by atoms with Crippen LogP contribution in [0.3, 0.4) is 0 Å². The predicted octanol–water partition coefficient (Wildman–Crippen LogP) is 0.795. The van der Waals surface area contributed by atoms with Crippen molar-refractivity contribution in [2.24, 2.45) is 0 Å². The van der Waals surface area contributed by atoms with Crippen LogP contribution >= 0.6 is 0 Å². The van der Waals surface area contributed by atoms with Gasteiger partial charge >= 0.3 is 0 Å². The third-order valence-corrected chi connectivity index (χ3v) is 3.21. The van der Waals surface area contributed by atoms with Gasteiger partial charge in [-0.1, -0.05) is 12.1 Å². The summed E-state index contributed by atoms with van der Waals surface area (Å²) in [5, 5.41) is 9.18. The third-order valence-electron chi connectivity index (χ3n) is 3.21. The Morgan fingerprint density at radius 3 is 3.06 bits per heavy atom. The Morgan fingerprint density at radius 2 is 2.35 bits per heavy atom. The topological polar surface area (TPSA) is 66.6 Å². The molecule has 4 nitrogen and oxygen atoms in total. The normalized spacial score (nSPS) is 19.6. The minimum Gasteiger partial charge on any atom is -0.399 e. The van der Waals surface area contributed by atoms with Crippen LogP contribution in [0.25, 0.3) is 0 Å². The van der Waals surface area contributed by atoms with E-state index in [9.17, 15) is 9.90 Å². The molecule has 0 radical (unpaired) electrons. The van der Waals surface area contributed by atoms with E-state index in [1.165, 1.54) is 0 Å². The average Bonchev–Trinajstić information content (AvgIpc) is 2.77. The fraction of sp³-hybridized carbons (Fsp3) is 0.462. The van der Waals surface area contributed by atoms with Crippen LogP contribution in [0.1, 0.15) is 18.4 Å². The van der Waals surface area contributed by atoms with Crippen LogP contribution in [0.4, 0.5) is 5.69 Å². The van der Waals surface area contributed by atoms with Crippen LogP contribution in [0.15, 0.2) is 24.3 Å². The van der Waals surface area contributed by atoms with Crippen LogP contribution in [-0.2, 0) is 11.2 Å². The zero-order valence-electron chi connectivity index (χ0n) is 9.80. The molecule has 1 unspecified atom stereocenters. The number of aliphatic hydroxyl groups is 1. The van der Waals surface area contributed by atoms with E-state index in [1.54, 1.807) is 11.0 Å². The highest BCUT2D eigenvalue weighted by atomic mass is 16.3. The maximum Gasteiger partial charge on any atom is 0.227 e. The average molecular weight is 234 g/mol. The Labute approximate surface area is 101 Å². The zero-order chi connectivity index (χ0) is 12.3.